The van der Waals surface area contributed by atoms with Crippen LogP contribution < -0.4 is 11.5 Å². The molecular formula is C46H81N2O11PS. The first kappa shape index (κ1) is 58.5. The maximum absolute atomic E-state index is 13.1. The molecule has 1 unspecified atom stereocenters. The second-order valence-corrected chi connectivity index (χ2v) is 17.8. The summed E-state index contributed by atoms with van der Waals surface area (Å²) >= 11 is 1.20. The first-order chi connectivity index (χ1) is 29.4. The van der Waals surface area contributed by atoms with Crippen LogP contribution in [-0.2, 0) is 37.5 Å². The first-order valence-electron chi connectivity index (χ1n) is 22.7. The van der Waals surface area contributed by atoms with Crippen LogP contribution in [0.15, 0.2) is 60.8 Å². The van der Waals surface area contributed by atoms with Gasteiger partial charge in [0.2, 0.25) is 0 Å². The predicted molar refractivity (Wildman–Crippen MR) is 248 cm³/mol. The van der Waals surface area contributed by atoms with Crippen LogP contribution in [0.3, 0.4) is 0 Å². The number of hydrogen-bond acceptors (Lipinski definition) is 12. The Morgan fingerprint density at radius 3 is 1.97 bits per heavy atom. The molecule has 0 heterocycles. The molecule has 0 bridgehead atoms. The molecule has 0 aromatic heterocycles. The van der Waals surface area contributed by atoms with Crippen molar-refractivity contribution in [3.05, 3.63) is 60.8 Å². The van der Waals surface area contributed by atoms with Crippen molar-refractivity contribution in [2.75, 3.05) is 32.1 Å². The molecule has 5 atom stereocenters. The molecule has 61 heavy (non-hydrogen) atoms. The van der Waals surface area contributed by atoms with E-state index in [9.17, 15) is 28.9 Å². The number of carboxylic acid groups (broad SMARTS) is 1. The topological polar surface area (TPSA) is 218 Å². The average molecular weight is 901 g/mol. The van der Waals surface area contributed by atoms with Crippen LogP contribution in [-0.4, -0.2) is 88.6 Å². The third kappa shape index (κ3) is 38.8. The van der Waals surface area contributed by atoms with Gasteiger partial charge >= 0.3 is 25.7 Å². The number of carboxylic acids is 1. The smallest absolute Gasteiger partial charge is 0.472 e. The van der Waals surface area contributed by atoms with Gasteiger partial charge in [-0.15, -0.1) is 11.8 Å². The van der Waals surface area contributed by atoms with Crippen LogP contribution in [0.25, 0.3) is 0 Å². The van der Waals surface area contributed by atoms with Gasteiger partial charge in [-0.3, -0.25) is 23.4 Å². The molecule has 13 nitrogen and oxygen atoms in total. The van der Waals surface area contributed by atoms with E-state index >= 15 is 0 Å². The second-order valence-electron chi connectivity index (χ2n) is 15.1. The van der Waals surface area contributed by atoms with Crippen molar-refractivity contribution < 1.29 is 52.6 Å². The number of thioether (sulfide) groups is 1. The van der Waals surface area contributed by atoms with Gasteiger partial charge < -0.3 is 36.0 Å². The number of rotatable bonds is 42. The number of allylic oxidation sites excluding steroid dienone is 9. The quantitative estimate of drug-likeness (QED) is 0.0127. The lowest BCUT2D eigenvalue weighted by molar-refractivity contribution is -0.161. The van der Waals surface area contributed by atoms with E-state index in [1.165, 1.54) is 76.0 Å². The molecule has 7 N–H and O–H groups in total. The Kier molecular flexibility index (Phi) is 39.7. The predicted octanol–water partition coefficient (Wildman–Crippen LogP) is 9.81. The molecule has 0 aliphatic carbocycles. The number of esters is 2. The molecule has 0 spiro atoms. The van der Waals surface area contributed by atoms with E-state index in [1.807, 2.05) is 24.3 Å². The van der Waals surface area contributed by atoms with Gasteiger partial charge in [0.1, 0.15) is 12.6 Å². The lowest BCUT2D eigenvalue weighted by Crippen LogP contribution is -2.40. The van der Waals surface area contributed by atoms with Crippen molar-refractivity contribution in [1.82, 2.24) is 0 Å². The highest BCUT2D eigenvalue weighted by atomic mass is 32.2. The number of phosphoric ester groups is 1. The SMILES string of the molecule is CCCCC/C=C\C\C=C/C=C/C=C/[C@@H](SC[C@H](N)C(=O)O[C@H](COC(=O)CCCCCCCCC/C=C\CCCCCC)COP(=O)(O)OCCN)[C@@H](O)CCCC(=O)O. The highest BCUT2D eigenvalue weighted by Crippen LogP contribution is 2.43. The van der Waals surface area contributed by atoms with Crippen LogP contribution in [0.5, 0.6) is 0 Å². The van der Waals surface area contributed by atoms with Crippen LogP contribution in [0.4, 0.5) is 0 Å². The Morgan fingerprint density at radius 2 is 1.31 bits per heavy atom. The Morgan fingerprint density at radius 1 is 0.721 bits per heavy atom. The molecule has 0 saturated carbocycles. The molecule has 0 aliphatic heterocycles. The number of ether oxygens (including phenoxy) is 2. The number of carbonyl (C=O) groups excluding carboxylic acids is 2. The second kappa shape index (κ2) is 41.5. The molecule has 0 aromatic rings. The van der Waals surface area contributed by atoms with E-state index in [1.54, 1.807) is 12.2 Å². The van der Waals surface area contributed by atoms with Crippen LogP contribution in [0.1, 0.15) is 155 Å². The summed E-state index contributed by atoms with van der Waals surface area (Å²) in [5.41, 5.74) is 11.6. The molecule has 15 heteroatoms. The minimum Gasteiger partial charge on any atom is -0.481 e. The largest absolute Gasteiger partial charge is 0.481 e. The normalized spacial score (nSPS) is 15.2. The molecule has 0 fully saturated rings. The highest BCUT2D eigenvalue weighted by molar-refractivity contribution is 8.00. The molecule has 0 aliphatic rings. The van der Waals surface area contributed by atoms with E-state index in [0.717, 1.165) is 44.9 Å². The number of aliphatic hydroxyl groups is 1. The number of carbonyl (C=O) groups is 3. The number of unbranched alkanes of at least 4 members (excludes halogenated alkanes) is 14. The van der Waals surface area contributed by atoms with E-state index < -0.39 is 62.4 Å². The van der Waals surface area contributed by atoms with Crippen LogP contribution in [0, 0.1) is 0 Å². The fourth-order valence-corrected chi connectivity index (χ4v) is 7.71. The fraction of sp³-hybridized carbons (Fsp3) is 0.717. The lowest BCUT2D eigenvalue weighted by atomic mass is 10.1. The van der Waals surface area contributed by atoms with Gasteiger partial charge in [-0.1, -0.05) is 139 Å². The zero-order valence-electron chi connectivity index (χ0n) is 37.3. The molecule has 0 saturated heterocycles. The number of aliphatic hydroxyl groups excluding tert-OH is 1. The fourth-order valence-electron chi connectivity index (χ4n) is 5.82. The lowest BCUT2D eigenvalue weighted by Gasteiger charge is -2.23. The van der Waals surface area contributed by atoms with E-state index in [-0.39, 0.29) is 44.6 Å². The van der Waals surface area contributed by atoms with Crippen molar-refractivity contribution in [3.63, 3.8) is 0 Å². The highest BCUT2D eigenvalue weighted by Gasteiger charge is 2.28. The van der Waals surface area contributed by atoms with Gasteiger partial charge in [0.25, 0.3) is 0 Å². The van der Waals surface area contributed by atoms with Gasteiger partial charge in [-0.25, -0.2) is 4.57 Å². The minimum atomic E-state index is -4.54. The van der Waals surface area contributed by atoms with Gasteiger partial charge in [-0.05, 0) is 64.2 Å². The zero-order valence-corrected chi connectivity index (χ0v) is 39.0. The van der Waals surface area contributed by atoms with Crippen LogP contribution in [0.2, 0.25) is 0 Å². The Labute approximate surface area is 371 Å². The molecule has 0 rings (SSSR count). The molecule has 0 aromatic carbocycles. The van der Waals surface area contributed by atoms with Gasteiger partial charge in [0, 0.05) is 30.4 Å². The number of phosphoric acid groups is 1. The summed E-state index contributed by atoms with van der Waals surface area (Å²) in [7, 11) is -4.54. The number of nitrogens with two attached hydrogens (primary N) is 2. The van der Waals surface area contributed by atoms with Gasteiger partial charge in [0.15, 0.2) is 6.10 Å². The third-order valence-corrected chi connectivity index (χ3v) is 11.8. The monoisotopic (exact) mass is 901 g/mol. The van der Waals surface area contributed by atoms with Crippen molar-refractivity contribution >= 4 is 37.5 Å². The molecule has 0 radical (unpaired) electrons. The summed E-state index contributed by atoms with van der Waals surface area (Å²) in [6.45, 7) is 3.09. The van der Waals surface area contributed by atoms with Crippen LogP contribution >= 0.6 is 19.6 Å². The number of aliphatic carboxylic acids is 1. The van der Waals surface area contributed by atoms with Gasteiger partial charge in [0.05, 0.1) is 19.3 Å². The average Bonchev–Trinajstić information content (AvgIpc) is 3.23. The summed E-state index contributed by atoms with van der Waals surface area (Å²) < 4.78 is 32.9. The molecule has 0 amide bonds. The Balaban J connectivity index is 5.09. The maximum Gasteiger partial charge on any atom is 0.472 e. The summed E-state index contributed by atoms with van der Waals surface area (Å²) in [6.07, 6.45) is 38.6. The van der Waals surface area contributed by atoms with Crippen molar-refractivity contribution in [1.29, 1.82) is 0 Å². The van der Waals surface area contributed by atoms with E-state index in [2.05, 4.69) is 38.2 Å². The van der Waals surface area contributed by atoms with Gasteiger partial charge in [-0.2, -0.15) is 0 Å². The first-order valence-corrected chi connectivity index (χ1v) is 25.2. The summed E-state index contributed by atoms with van der Waals surface area (Å²) in [5, 5.41) is 19.4. The van der Waals surface area contributed by atoms with Crippen molar-refractivity contribution in [2.45, 2.75) is 179 Å². The summed E-state index contributed by atoms with van der Waals surface area (Å²) in [4.78, 5) is 46.7. The molecule has 352 valence electrons. The standard InChI is InChI=1S/C46H81N2O11PS/c1-3-5-7-9-11-13-15-17-18-19-21-23-25-27-29-34-45(52)56-37-40(38-58-60(54,55)57-36-35-47)59-46(53)41(48)39-61-43(42(49)31-30-33-44(50)51)32-28-26-24-22-20-16-14-12-10-8-6-4-2/h12-15,20,22,24,26,28,32,40-43,49H,3-11,16-19,21,23,25,27,29-31,33-39,47-48H2,1-2H3,(H,50,51)(H,54,55)/b14-12-,15-13-,22-20-,26-24+,32-28+/t40-,41+,42+,43-/m1/s1. The third-order valence-electron chi connectivity index (χ3n) is 9.38. The van der Waals surface area contributed by atoms with E-state index in [4.69, 9.17) is 35.1 Å². The maximum atomic E-state index is 13.1. The Hall–Kier alpha value is -2.55. The van der Waals surface area contributed by atoms with Crippen molar-refractivity contribution in [2.24, 2.45) is 11.5 Å². The summed E-state index contributed by atoms with van der Waals surface area (Å²) in [6, 6.07) is -1.19. The minimum absolute atomic E-state index is 0.0136. The van der Waals surface area contributed by atoms with E-state index in [0.29, 0.717) is 6.42 Å². The number of hydrogen-bond donors (Lipinski definition) is 5. The summed E-state index contributed by atoms with van der Waals surface area (Å²) in [5.74, 6) is -2.32. The zero-order chi connectivity index (χ0) is 45.2. The van der Waals surface area contributed by atoms with Crippen molar-refractivity contribution in [3.8, 4) is 0 Å². The Bertz CT molecular complexity index is 1310. The molecular weight excluding hydrogens is 820 g/mol.